The zero-order chi connectivity index (χ0) is 11.3. The van der Waals surface area contributed by atoms with Crippen LogP contribution in [0.2, 0.25) is 0 Å². The third-order valence-corrected chi connectivity index (χ3v) is 3.15. The fourth-order valence-corrected chi connectivity index (χ4v) is 1.49. The molecule has 0 aliphatic heterocycles. The van der Waals surface area contributed by atoms with E-state index in [4.69, 9.17) is 9.16 Å². The SMILES string of the molecule is CC(C)C(C)COc1ccccc1O[SiH3]. The number of rotatable bonds is 5. The number of ether oxygens (including phenoxy) is 1. The number of benzene rings is 1. The van der Waals surface area contributed by atoms with Gasteiger partial charge in [0, 0.05) is 0 Å². The Morgan fingerprint density at radius 2 is 1.73 bits per heavy atom. The Bertz CT molecular complexity index is 299. The number of hydrogen-bond acceptors (Lipinski definition) is 2. The second-order valence-corrected chi connectivity index (χ2v) is 4.59. The van der Waals surface area contributed by atoms with Crippen LogP contribution in [-0.4, -0.2) is 17.1 Å². The van der Waals surface area contributed by atoms with Gasteiger partial charge in [-0.15, -0.1) is 0 Å². The van der Waals surface area contributed by atoms with Crippen molar-refractivity contribution in [2.45, 2.75) is 20.8 Å². The lowest BCUT2D eigenvalue weighted by Gasteiger charge is -2.17. The van der Waals surface area contributed by atoms with Crippen LogP contribution in [0.5, 0.6) is 11.5 Å². The Hall–Kier alpha value is -0.963. The molecule has 1 unspecified atom stereocenters. The smallest absolute Gasteiger partial charge is 0.204 e. The summed E-state index contributed by atoms with van der Waals surface area (Å²) < 4.78 is 11.1. The van der Waals surface area contributed by atoms with Crippen LogP contribution >= 0.6 is 0 Å². The summed E-state index contributed by atoms with van der Waals surface area (Å²) in [4.78, 5) is 0. The predicted molar refractivity (Wildman–Crippen MR) is 66.5 cm³/mol. The van der Waals surface area contributed by atoms with Crippen LogP contribution in [0.3, 0.4) is 0 Å². The van der Waals surface area contributed by atoms with Gasteiger partial charge in [0.2, 0.25) is 10.5 Å². The fourth-order valence-electron chi connectivity index (χ4n) is 1.15. The van der Waals surface area contributed by atoms with Crippen molar-refractivity contribution >= 4 is 10.5 Å². The lowest BCUT2D eigenvalue weighted by Crippen LogP contribution is -2.14. The molecule has 1 aromatic rings. The molecule has 0 heterocycles. The van der Waals surface area contributed by atoms with Crippen LogP contribution in [0.25, 0.3) is 0 Å². The van der Waals surface area contributed by atoms with Gasteiger partial charge in [-0.2, -0.15) is 0 Å². The molecule has 0 N–H and O–H groups in total. The molecule has 0 aliphatic carbocycles. The van der Waals surface area contributed by atoms with Gasteiger partial charge < -0.3 is 9.16 Å². The minimum absolute atomic E-state index is 0.562. The maximum absolute atomic E-state index is 5.75. The van der Waals surface area contributed by atoms with E-state index in [1.165, 1.54) is 0 Å². The first-order chi connectivity index (χ1) is 7.15. The first kappa shape index (κ1) is 12.1. The van der Waals surface area contributed by atoms with Crippen molar-refractivity contribution in [1.29, 1.82) is 0 Å². The van der Waals surface area contributed by atoms with Crippen LogP contribution in [0.15, 0.2) is 24.3 Å². The minimum atomic E-state index is 0.562. The molecule has 0 aromatic heterocycles. The molecule has 0 radical (unpaired) electrons. The molecular weight excluding hydrogens is 204 g/mol. The van der Waals surface area contributed by atoms with Crippen molar-refractivity contribution in [3.63, 3.8) is 0 Å². The highest BCUT2D eigenvalue weighted by Gasteiger charge is 2.09. The van der Waals surface area contributed by atoms with E-state index in [0.717, 1.165) is 18.1 Å². The molecule has 2 nitrogen and oxygen atoms in total. The van der Waals surface area contributed by atoms with E-state index in [1.54, 1.807) is 0 Å². The molecule has 0 saturated carbocycles. The van der Waals surface area contributed by atoms with E-state index >= 15 is 0 Å². The lowest BCUT2D eigenvalue weighted by molar-refractivity contribution is 0.219. The first-order valence-corrected chi connectivity index (χ1v) is 6.22. The van der Waals surface area contributed by atoms with Crippen molar-refractivity contribution in [1.82, 2.24) is 0 Å². The summed E-state index contributed by atoms with van der Waals surface area (Å²) >= 11 is 0. The summed E-state index contributed by atoms with van der Waals surface area (Å²) in [6.07, 6.45) is 0. The quantitative estimate of drug-likeness (QED) is 0.712. The molecular formula is C12H20O2Si. The Kier molecular flexibility index (Phi) is 4.69. The first-order valence-electron chi connectivity index (χ1n) is 5.41. The molecule has 84 valence electrons. The lowest BCUT2D eigenvalue weighted by atomic mass is 9.99. The van der Waals surface area contributed by atoms with Crippen LogP contribution in [0.4, 0.5) is 0 Å². The van der Waals surface area contributed by atoms with Gasteiger partial charge in [-0.05, 0) is 24.0 Å². The molecule has 0 bridgehead atoms. The molecule has 1 rings (SSSR count). The van der Waals surface area contributed by atoms with Gasteiger partial charge in [-0.3, -0.25) is 0 Å². The highest BCUT2D eigenvalue weighted by atomic mass is 28.2. The monoisotopic (exact) mass is 224 g/mol. The van der Waals surface area contributed by atoms with E-state index in [1.807, 2.05) is 24.3 Å². The van der Waals surface area contributed by atoms with Gasteiger partial charge in [0.25, 0.3) is 0 Å². The number of para-hydroxylation sites is 2. The van der Waals surface area contributed by atoms with Crippen molar-refractivity contribution < 1.29 is 9.16 Å². The summed E-state index contributed by atoms with van der Waals surface area (Å²) in [6.45, 7) is 7.38. The highest BCUT2D eigenvalue weighted by molar-refractivity contribution is 6.00. The van der Waals surface area contributed by atoms with E-state index in [-0.39, 0.29) is 0 Å². The maximum atomic E-state index is 5.75. The van der Waals surface area contributed by atoms with Gasteiger partial charge in [0.15, 0.2) is 5.75 Å². The molecule has 0 spiro atoms. The van der Waals surface area contributed by atoms with Gasteiger partial charge in [-0.25, -0.2) is 0 Å². The molecule has 1 atom stereocenters. The van der Waals surface area contributed by atoms with Crippen LogP contribution < -0.4 is 9.16 Å². The molecule has 1 aromatic carbocycles. The van der Waals surface area contributed by atoms with Gasteiger partial charge in [-0.1, -0.05) is 32.9 Å². The molecule has 0 amide bonds. The van der Waals surface area contributed by atoms with E-state index in [2.05, 4.69) is 20.8 Å². The third kappa shape index (κ3) is 3.59. The van der Waals surface area contributed by atoms with E-state index < -0.39 is 0 Å². The number of hydrogen-bond donors (Lipinski definition) is 0. The normalized spacial score (nSPS) is 12.8. The predicted octanol–water partition coefficient (Wildman–Crippen LogP) is 2.02. The zero-order valence-corrected chi connectivity index (χ0v) is 12.0. The average molecular weight is 224 g/mol. The molecule has 3 heteroatoms. The Morgan fingerprint density at radius 1 is 1.13 bits per heavy atom. The standard InChI is InChI=1S/C12H20O2Si/c1-9(2)10(3)8-13-11-6-4-5-7-12(11)14-15/h4-7,9-10H,8H2,1-3,15H3. The third-order valence-electron chi connectivity index (χ3n) is 2.71. The maximum Gasteiger partial charge on any atom is 0.204 e. The van der Waals surface area contributed by atoms with Crippen LogP contribution in [-0.2, 0) is 0 Å². The highest BCUT2D eigenvalue weighted by Crippen LogP contribution is 2.26. The topological polar surface area (TPSA) is 18.5 Å². The van der Waals surface area contributed by atoms with Crippen molar-refractivity contribution in [3.05, 3.63) is 24.3 Å². The molecule has 0 aliphatic rings. The molecule has 0 fully saturated rings. The molecule has 15 heavy (non-hydrogen) atoms. The Labute approximate surface area is 95.1 Å². The van der Waals surface area contributed by atoms with Crippen molar-refractivity contribution in [2.24, 2.45) is 11.8 Å². The van der Waals surface area contributed by atoms with Crippen molar-refractivity contribution in [3.8, 4) is 11.5 Å². The molecule has 0 saturated heterocycles. The summed E-state index contributed by atoms with van der Waals surface area (Å²) in [6, 6.07) is 7.84. The largest absolute Gasteiger partial charge is 0.551 e. The van der Waals surface area contributed by atoms with Crippen LogP contribution in [0, 0.1) is 11.8 Å². The van der Waals surface area contributed by atoms with Gasteiger partial charge in [0.05, 0.1) is 6.61 Å². The van der Waals surface area contributed by atoms with E-state index in [0.29, 0.717) is 22.3 Å². The Balaban J connectivity index is 2.57. The minimum Gasteiger partial charge on any atom is -0.551 e. The second-order valence-electron chi connectivity index (χ2n) is 4.18. The van der Waals surface area contributed by atoms with Gasteiger partial charge >= 0.3 is 0 Å². The Morgan fingerprint density at radius 3 is 2.27 bits per heavy atom. The van der Waals surface area contributed by atoms with Gasteiger partial charge in [0.1, 0.15) is 5.75 Å². The van der Waals surface area contributed by atoms with Crippen LogP contribution in [0.1, 0.15) is 20.8 Å². The zero-order valence-electron chi connectivity index (χ0n) is 9.99. The summed E-state index contributed by atoms with van der Waals surface area (Å²) in [7, 11) is 0.695. The second kappa shape index (κ2) is 5.81. The van der Waals surface area contributed by atoms with Crippen molar-refractivity contribution in [2.75, 3.05) is 6.61 Å². The fraction of sp³-hybridized carbons (Fsp3) is 0.500. The summed E-state index contributed by atoms with van der Waals surface area (Å²) in [5.74, 6) is 2.93. The average Bonchev–Trinajstić information content (AvgIpc) is 2.26. The summed E-state index contributed by atoms with van der Waals surface area (Å²) in [5, 5.41) is 0. The van der Waals surface area contributed by atoms with E-state index in [9.17, 15) is 0 Å². The summed E-state index contributed by atoms with van der Waals surface area (Å²) in [5.41, 5.74) is 0.